The number of carbonyl (C=O) groups is 1. The third kappa shape index (κ3) is 1.45. The Morgan fingerprint density at radius 2 is 1.89 bits per heavy atom. The first-order valence-corrected chi connectivity index (χ1v) is 5.80. The Kier molecular flexibility index (Phi) is 2.11. The van der Waals surface area contributed by atoms with Gasteiger partial charge in [-0.05, 0) is 18.2 Å². The molecule has 1 aromatic carbocycles. The van der Waals surface area contributed by atoms with Gasteiger partial charge in [-0.1, -0.05) is 0 Å². The molecule has 3 aromatic rings. The summed E-state index contributed by atoms with van der Waals surface area (Å²) in [7, 11) is 0. The summed E-state index contributed by atoms with van der Waals surface area (Å²) in [5, 5.41) is 9.55. The molecule has 90 valence electrons. The molecule has 0 saturated carbocycles. The Labute approximate surface area is 103 Å². The average molecular weight is 262 g/mol. The number of rotatable bonds is 1. The number of benzene rings is 1. The Morgan fingerprint density at radius 1 is 1.17 bits per heavy atom. The predicted octanol–water partition coefficient (Wildman–Crippen LogP) is 1.13. The number of hydrogen-bond acceptors (Lipinski definition) is 4. The molecule has 0 atom stereocenters. The number of thiophene rings is 1. The zero-order valence-electron chi connectivity index (χ0n) is 8.81. The van der Waals surface area contributed by atoms with Gasteiger partial charge in [0.25, 0.3) is 0 Å². The number of carboxylic acid groups (broad SMARTS) is 1. The van der Waals surface area contributed by atoms with E-state index < -0.39 is 17.1 Å². The number of aromatic nitrogens is 2. The Hall–Kier alpha value is -2.41. The van der Waals surface area contributed by atoms with Crippen LogP contribution in [0.25, 0.3) is 21.1 Å². The lowest BCUT2D eigenvalue weighted by molar-refractivity contribution is 0.0702. The highest BCUT2D eigenvalue weighted by Crippen LogP contribution is 2.29. The molecule has 6 nitrogen and oxygen atoms in total. The Morgan fingerprint density at radius 3 is 2.61 bits per heavy atom. The van der Waals surface area contributed by atoms with Crippen molar-refractivity contribution in [2.45, 2.75) is 0 Å². The van der Waals surface area contributed by atoms with E-state index in [0.29, 0.717) is 16.4 Å². The fourth-order valence-corrected chi connectivity index (χ4v) is 2.71. The molecule has 3 rings (SSSR count). The van der Waals surface area contributed by atoms with Crippen LogP contribution in [0.15, 0.2) is 27.8 Å². The summed E-state index contributed by atoms with van der Waals surface area (Å²) in [6, 6.07) is 4.83. The van der Waals surface area contributed by atoms with Crippen LogP contribution in [0, 0.1) is 0 Å². The van der Waals surface area contributed by atoms with Crippen LogP contribution < -0.4 is 11.1 Å². The van der Waals surface area contributed by atoms with Crippen molar-refractivity contribution in [1.29, 1.82) is 0 Å². The lowest BCUT2D eigenvalue weighted by atomic mass is 10.2. The highest BCUT2D eigenvalue weighted by Gasteiger charge is 2.11. The van der Waals surface area contributed by atoms with Gasteiger partial charge in [-0.2, -0.15) is 0 Å². The maximum atomic E-state index is 11.3. The van der Waals surface area contributed by atoms with E-state index in [0.717, 1.165) is 16.0 Å². The summed E-state index contributed by atoms with van der Waals surface area (Å²) in [6.07, 6.45) is 0. The maximum Gasteiger partial charge on any atom is 0.345 e. The van der Waals surface area contributed by atoms with Crippen molar-refractivity contribution >= 4 is 38.4 Å². The molecule has 0 spiro atoms. The first-order chi connectivity index (χ1) is 8.56. The molecule has 0 fully saturated rings. The smallest absolute Gasteiger partial charge is 0.345 e. The van der Waals surface area contributed by atoms with Crippen LogP contribution in [-0.2, 0) is 0 Å². The molecule has 0 aliphatic rings. The predicted molar refractivity (Wildman–Crippen MR) is 67.5 cm³/mol. The first-order valence-electron chi connectivity index (χ1n) is 4.98. The van der Waals surface area contributed by atoms with Gasteiger partial charge in [0.2, 0.25) is 0 Å². The van der Waals surface area contributed by atoms with Crippen molar-refractivity contribution in [3.05, 3.63) is 43.8 Å². The van der Waals surface area contributed by atoms with Crippen molar-refractivity contribution < 1.29 is 9.90 Å². The highest BCUT2D eigenvalue weighted by molar-refractivity contribution is 7.20. The van der Waals surface area contributed by atoms with Crippen molar-refractivity contribution in [2.24, 2.45) is 0 Å². The molecular formula is C11H6N2O4S. The SMILES string of the molecule is O=C(O)c1cc2c(ccc3[nH]c(=O)c(=O)[nH]c32)s1. The Bertz CT molecular complexity index is 903. The van der Waals surface area contributed by atoms with Crippen LogP contribution in [0.4, 0.5) is 0 Å². The monoisotopic (exact) mass is 262 g/mol. The molecule has 7 heteroatoms. The van der Waals surface area contributed by atoms with Gasteiger partial charge >= 0.3 is 17.1 Å². The molecule has 0 aliphatic carbocycles. The van der Waals surface area contributed by atoms with Crippen LogP contribution in [0.5, 0.6) is 0 Å². The fourth-order valence-electron chi connectivity index (χ4n) is 1.81. The van der Waals surface area contributed by atoms with Crippen molar-refractivity contribution in [1.82, 2.24) is 9.97 Å². The van der Waals surface area contributed by atoms with Gasteiger partial charge in [-0.15, -0.1) is 11.3 Å². The average Bonchev–Trinajstić information content (AvgIpc) is 2.75. The second kappa shape index (κ2) is 3.54. The summed E-state index contributed by atoms with van der Waals surface area (Å²) in [5.41, 5.74) is -0.559. The van der Waals surface area contributed by atoms with E-state index in [1.54, 1.807) is 12.1 Å². The van der Waals surface area contributed by atoms with Crippen LogP contribution in [0.1, 0.15) is 9.67 Å². The molecule has 0 amide bonds. The lowest BCUT2D eigenvalue weighted by Gasteiger charge is -1.97. The van der Waals surface area contributed by atoms with Gasteiger partial charge in [-0.25, -0.2) is 4.79 Å². The molecule has 0 aliphatic heterocycles. The topological polar surface area (TPSA) is 103 Å². The fraction of sp³-hybridized carbons (Fsp3) is 0. The minimum absolute atomic E-state index is 0.185. The number of hydrogen-bond donors (Lipinski definition) is 3. The van der Waals surface area contributed by atoms with Gasteiger partial charge in [0.1, 0.15) is 4.88 Å². The van der Waals surface area contributed by atoms with Crippen molar-refractivity contribution in [3.63, 3.8) is 0 Å². The maximum absolute atomic E-state index is 11.3. The van der Waals surface area contributed by atoms with Gasteiger partial charge in [0.05, 0.1) is 11.0 Å². The summed E-state index contributed by atoms with van der Waals surface area (Å²) in [4.78, 5) is 38.5. The van der Waals surface area contributed by atoms with Crippen LogP contribution in [-0.4, -0.2) is 21.0 Å². The third-order valence-electron chi connectivity index (χ3n) is 2.60. The minimum atomic E-state index is -1.02. The lowest BCUT2D eigenvalue weighted by Crippen LogP contribution is -2.28. The molecule has 0 saturated heterocycles. The number of fused-ring (bicyclic) bond motifs is 3. The number of aromatic amines is 2. The second-order valence-corrected chi connectivity index (χ2v) is 4.81. The van der Waals surface area contributed by atoms with Crippen LogP contribution >= 0.6 is 11.3 Å². The molecule has 0 bridgehead atoms. The van der Waals surface area contributed by atoms with Crippen LogP contribution in [0.2, 0.25) is 0 Å². The largest absolute Gasteiger partial charge is 0.477 e. The zero-order chi connectivity index (χ0) is 12.9. The molecule has 3 N–H and O–H groups in total. The van der Waals surface area contributed by atoms with E-state index in [-0.39, 0.29) is 4.88 Å². The van der Waals surface area contributed by atoms with Crippen molar-refractivity contribution in [3.8, 4) is 0 Å². The van der Waals surface area contributed by atoms with E-state index in [4.69, 9.17) is 5.11 Å². The van der Waals surface area contributed by atoms with E-state index in [1.807, 2.05) is 0 Å². The summed E-state index contributed by atoms with van der Waals surface area (Å²) < 4.78 is 0.739. The van der Waals surface area contributed by atoms with Gasteiger partial charge in [0, 0.05) is 10.1 Å². The van der Waals surface area contributed by atoms with Crippen LogP contribution in [0.3, 0.4) is 0 Å². The van der Waals surface area contributed by atoms with E-state index in [2.05, 4.69) is 9.97 Å². The summed E-state index contributed by atoms with van der Waals surface area (Å²) in [6.45, 7) is 0. The quantitative estimate of drug-likeness (QED) is 0.572. The molecule has 0 unspecified atom stereocenters. The number of nitrogens with one attached hydrogen (secondary N) is 2. The summed E-state index contributed by atoms with van der Waals surface area (Å²) >= 11 is 1.12. The van der Waals surface area contributed by atoms with E-state index >= 15 is 0 Å². The second-order valence-electron chi connectivity index (χ2n) is 3.72. The molecule has 0 radical (unpaired) electrons. The first kappa shape index (κ1) is 10.7. The zero-order valence-corrected chi connectivity index (χ0v) is 9.63. The molecule has 2 aromatic heterocycles. The molecule has 2 heterocycles. The van der Waals surface area contributed by atoms with Crippen molar-refractivity contribution in [2.75, 3.05) is 0 Å². The standard InChI is InChI=1S/C11H6N2O4S/c14-9-10(15)13-8-4-3-7(11(16)17)18-6(4)2-1-5(8)12-9/h1-3H,(H,12,14)(H,13,15)(H,16,17). The van der Waals surface area contributed by atoms with Gasteiger partial charge in [-0.3, -0.25) is 9.59 Å². The Balaban J connectivity index is 2.52. The molecular weight excluding hydrogens is 256 g/mol. The number of H-pyrrole nitrogens is 2. The number of aromatic carboxylic acids is 1. The van der Waals surface area contributed by atoms with Gasteiger partial charge < -0.3 is 15.1 Å². The normalized spacial score (nSPS) is 11.1. The number of carboxylic acids is 1. The van der Waals surface area contributed by atoms with E-state index in [9.17, 15) is 14.4 Å². The van der Waals surface area contributed by atoms with Gasteiger partial charge in [0.15, 0.2) is 0 Å². The van der Waals surface area contributed by atoms with E-state index in [1.165, 1.54) is 6.07 Å². The third-order valence-corrected chi connectivity index (χ3v) is 3.69. The highest BCUT2D eigenvalue weighted by atomic mass is 32.1. The summed E-state index contributed by atoms with van der Waals surface area (Å²) in [5.74, 6) is -1.02. The minimum Gasteiger partial charge on any atom is -0.477 e. The molecule has 18 heavy (non-hydrogen) atoms.